The van der Waals surface area contributed by atoms with Crippen molar-refractivity contribution in [1.29, 1.82) is 0 Å². The van der Waals surface area contributed by atoms with Crippen molar-refractivity contribution in [2.75, 3.05) is 6.54 Å². The summed E-state index contributed by atoms with van der Waals surface area (Å²) in [5.41, 5.74) is 4.43. The topological polar surface area (TPSA) is 59.2 Å². The van der Waals surface area contributed by atoms with Crippen LogP contribution in [0.5, 0.6) is 0 Å². The number of carbonyl (C=O) groups excluding carboxylic acids is 1. The van der Waals surface area contributed by atoms with E-state index in [4.69, 9.17) is 4.52 Å². The Morgan fingerprint density at radius 1 is 1.04 bits per heavy atom. The summed E-state index contributed by atoms with van der Waals surface area (Å²) in [5.74, 6) is 1.23. The molecule has 1 aliphatic rings. The van der Waals surface area contributed by atoms with E-state index in [0.717, 1.165) is 11.1 Å². The largest absolute Gasteiger partial charge is 0.338 e. The maximum absolute atomic E-state index is 12.4. The van der Waals surface area contributed by atoms with E-state index < -0.39 is 0 Å². The standard InChI is InChI=1S/C21H21N3O2/c1-14-3-7-16(8-4-14)12-24-13-18(11-19(24)25)20-22-21(26-23-20)17-9-5-15(2)6-10-17/h3-10,18H,11-13H2,1-2H3. The first-order valence-electron chi connectivity index (χ1n) is 8.82. The summed E-state index contributed by atoms with van der Waals surface area (Å²) in [6.45, 7) is 5.34. The lowest BCUT2D eigenvalue weighted by Gasteiger charge is -2.16. The zero-order valence-electron chi connectivity index (χ0n) is 15.0. The van der Waals surface area contributed by atoms with Gasteiger partial charge in [-0.25, -0.2) is 0 Å². The first kappa shape index (κ1) is 16.5. The van der Waals surface area contributed by atoms with Crippen LogP contribution < -0.4 is 0 Å². The Morgan fingerprint density at radius 2 is 1.69 bits per heavy atom. The number of likely N-dealkylation sites (tertiary alicyclic amines) is 1. The molecule has 0 N–H and O–H groups in total. The van der Waals surface area contributed by atoms with Crippen molar-refractivity contribution in [2.24, 2.45) is 0 Å². The van der Waals surface area contributed by atoms with Crippen molar-refractivity contribution in [1.82, 2.24) is 15.0 Å². The molecule has 2 heterocycles. The molecule has 1 amide bonds. The quantitative estimate of drug-likeness (QED) is 0.719. The average Bonchev–Trinajstić information content (AvgIpc) is 3.25. The molecule has 0 bridgehead atoms. The summed E-state index contributed by atoms with van der Waals surface area (Å²) in [6.07, 6.45) is 0.429. The number of hydrogen-bond acceptors (Lipinski definition) is 4. The van der Waals surface area contributed by atoms with Gasteiger partial charge in [0.1, 0.15) is 0 Å². The van der Waals surface area contributed by atoms with Gasteiger partial charge < -0.3 is 9.42 Å². The lowest BCUT2D eigenvalue weighted by Crippen LogP contribution is -2.24. The van der Waals surface area contributed by atoms with Crippen LogP contribution in [0.15, 0.2) is 53.1 Å². The van der Waals surface area contributed by atoms with Crippen molar-refractivity contribution in [3.63, 3.8) is 0 Å². The number of amides is 1. The van der Waals surface area contributed by atoms with E-state index in [-0.39, 0.29) is 11.8 Å². The number of nitrogens with zero attached hydrogens (tertiary/aromatic N) is 3. The third-order valence-corrected chi connectivity index (χ3v) is 4.81. The normalized spacial score (nSPS) is 17.1. The monoisotopic (exact) mass is 347 g/mol. The first-order chi connectivity index (χ1) is 12.6. The van der Waals surface area contributed by atoms with Crippen LogP contribution in [-0.4, -0.2) is 27.5 Å². The van der Waals surface area contributed by atoms with Crippen LogP contribution in [0.2, 0.25) is 0 Å². The molecular formula is C21H21N3O2. The Labute approximate surface area is 152 Å². The van der Waals surface area contributed by atoms with E-state index in [0.29, 0.717) is 31.2 Å². The number of hydrogen-bond donors (Lipinski definition) is 0. The van der Waals surface area contributed by atoms with Gasteiger partial charge in [0, 0.05) is 31.0 Å². The van der Waals surface area contributed by atoms with Gasteiger partial charge in [-0.05, 0) is 31.5 Å². The van der Waals surface area contributed by atoms with Crippen LogP contribution in [0.4, 0.5) is 0 Å². The van der Waals surface area contributed by atoms with Crippen LogP contribution in [0, 0.1) is 13.8 Å². The SMILES string of the molecule is Cc1ccc(CN2CC(c3noc(-c4ccc(C)cc4)n3)CC2=O)cc1. The van der Waals surface area contributed by atoms with Crippen LogP contribution >= 0.6 is 0 Å². The van der Waals surface area contributed by atoms with Gasteiger partial charge in [-0.3, -0.25) is 4.79 Å². The fraction of sp³-hybridized carbons (Fsp3) is 0.286. The highest BCUT2D eigenvalue weighted by Crippen LogP contribution is 2.29. The number of aromatic nitrogens is 2. The minimum atomic E-state index is -0.0177. The van der Waals surface area contributed by atoms with Crippen molar-refractivity contribution < 1.29 is 9.32 Å². The first-order valence-corrected chi connectivity index (χ1v) is 8.82. The summed E-state index contributed by atoms with van der Waals surface area (Å²) >= 11 is 0. The molecule has 1 aromatic heterocycles. The Hall–Kier alpha value is -2.95. The number of benzene rings is 2. The molecule has 132 valence electrons. The van der Waals surface area contributed by atoms with Crippen molar-refractivity contribution in [3.8, 4) is 11.5 Å². The predicted octanol–water partition coefficient (Wildman–Crippen LogP) is 3.87. The highest BCUT2D eigenvalue weighted by atomic mass is 16.5. The Morgan fingerprint density at radius 3 is 2.38 bits per heavy atom. The zero-order valence-corrected chi connectivity index (χ0v) is 15.0. The fourth-order valence-electron chi connectivity index (χ4n) is 3.23. The number of rotatable bonds is 4. The third kappa shape index (κ3) is 3.38. The predicted molar refractivity (Wildman–Crippen MR) is 98.4 cm³/mol. The summed E-state index contributed by atoms with van der Waals surface area (Å²) in [5, 5.41) is 4.12. The molecule has 0 spiro atoms. The fourth-order valence-corrected chi connectivity index (χ4v) is 3.23. The molecule has 0 aliphatic carbocycles. The molecule has 0 saturated carbocycles. The maximum atomic E-state index is 12.4. The Bertz CT molecular complexity index is 913. The molecule has 2 aromatic carbocycles. The molecule has 1 saturated heterocycles. The van der Waals surface area contributed by atoms with E-state index in [1.165, 1.54) is 11.1 Å². The molecular weight excluding hydrogens is 326 g/mol. The second-order valence-electron chi connectivity index (χ2n) is 6.98. The highest BCUT2D eigenvalue weighted by Gasteiger charge is 2.33. The van der Waals surface area contributed by atoms with Gasteiger partial charge in [-0.1, -0.05) is 52.7 Å². The third-order valence-electron chi connectivity index (χ3n) is 4.81. The van der Waals surface area contributed by atoms with E-state index >= 15 is 0 Å². The van der Waals surface area contributed by atoms with Gasteiger partial charge >= 0.3 is 0 Å². The molecule has 1 unspecified atom stereocenters. The van der Waals surface area contributed by atoms with E-state index in [1.54, 1.807) is 0 Å². The molecule has 5 nitrogen and oxygen atoms in total. The lowest BCUT2D eigenvalue weighted by atomic mass is 10.1. The van der Waals surface area contributed by atoms with Gasteiger partial charge in [0.2, 0.25) is 5.91 Å². The van der Waals surface area contributed by atoms with Crippen molar-refractivity contribution >= 4 is 5.91 Å². The van der Waals surface area contributed by atoms with E-state index in [1.807, 2.05) is 36.1 Å². The van der Waals surface area contributed by atoms with E-state index in [9.17, 15) is 4.79 Å². The Balaban J connectivity index is 1.47. The van der Waals surface area contributed by atoms with Gasteiger partial charge in [0.05, 0.1) is 0 Å². The van der Waals surface area contributed by atoms with E-state index in [2.05, 4.69) is 41.3 Å². The van der Waals surface area contributed by atoms with Crippen LogP contribution in [0.3, 0.4) is 0 Å². The lowest BCUT2D eigenvalue weighted by molar-refractivity contribution is -0.128. The molecule has 3 aromatic rings. The van der Waals surface area contributed by atoms with Crippen molar-refractivity contribution in [2.45, 2.75) is 32.7 Å². The minimum Gasteiger partial charge on any atom is -0.338 e. The number of aryl methyl sites for hydroxylation is 2. The minimum absolute atomic E-state index is 0.0177. The smallest absolute Gasteiger partial charge is 0.257 e. The second-order valence-corrected chi connectivity index (χ2v) is 6.98. The van der Waals surface area contributed by atoms with Gasteiger partial charge in [-0.15, -0.1) is 0 Å². The summed E-state index contributed by atoms with van der Waals surface area (Å²) in [4.78, 5) is 18.8. The molecule has 26 heavy (non-hydrogen) atoms. The summed E-state index contributed by atoms with van der Waals surface area (Å²) < 4.78 is 5.41. The van der Waals surface area contributed by atoms with Crippen LogP contribution in [-0.2, 0) is 11.3 Å². The number of carbonyl (C=O) groups is 1. The molecule has 1 atom stereocenters. The molecule has 4 rings (SSSR count). The highest BCUT2D eigenvalue weighted by molar-refractivity contribution is 5.79. The second kappa shape index (κ2) is 6.75. The molecule has 5 heteroatoms. The maximum Gasteiger partial charge on any atom is 0.257 e. The molecule has 0 radical (unpaired) electrons. The van der Waals surface area contributed by atoms with Gasteiger partial charge in [0.15, 0.2) is 5.82 Å². The average molecular weight is 347 g/mol. The van der Waals surface area contributed by atoms with Crippen molar-refractivity contribution in [3.05, 3.63) is 71.0 Å². The van der Waals surface area contributed by atoms with Gasteiger partial charge in [0.25, 0.3) is 5.89 Å². The van der Waals surface area contributed by atoms with Crippen LogP contribution in [0.1, 0.15) is 34.9 Å². The summed E-state index contributed by atoms with van der Waals surface area (Å²) in [6, 6.07) is 16.2. The molecule has 1 aliphatic heterocycles. The van der Waals surface area contributed by atoms with Gasteiger partial charge in [-0.2, -0.15) is 4.98 Å². The molecule has 1 fully saturated rings. The Kier molecular flexibility index (Phi) is 4.29. The zero-order chi connectivity index (χ0) is 18.1. The summed E-state index contributed by atoms with van der Waals surface area (Å²) in [7, 11) is 0. The van der Waals surface area contributed by atoms with Crippen LogP contribution in [0.25, 0.3) is 11.5 Å².